The molecule has 1 aromatic rings. The summed E-state index contributed by atoms with van der Waals surface area (Å²) >= 11 is 5.88. The monoisotopic (exact) mass is 381 g/mol. The molecule has 0 radical (unpaired) electrons. The van der Waals surface area contributed by atoms with Gasteiger partial charge in [0.15, 0.2) is 0 Å². The van der Waals surface area contributed by atoms with E-state index < -0.39 is 5.82 Å². The van der Waals surface area contributed by atoms with Gasteiger partial charge in [0.2, 0.25) is 5.91 Å². The van der Waals surface area contributed by atoms with Gasteiger partial charge in [0.1, 0.15) is 5.82 Å². The Kier molecular flexibility index (Phi) is 6.14. The molecule has 3 rings (SSSR count). The molecule has 1 unspecified atom stereocenters. The van der Waals surface area contributed by atoms with Crippen LogP contribution in [0.2, 0.25) is 5.02 Å². The van der Waals surface area contributed by atoms with Crippen LogP contribution in [-0.4, -0.2) is 71.8 Å². The van der Waals surface area contributed by atoms with Crippen molar-refractivity contribution in [3.05, 3.63) is 34.6 Å². The molecule has 2 aliphatic rings. The minimum absolute atomic E-state index is 0.00386. The van der Waals surface area contributed by atoms with Gasteiger partial charge in [-0.25, -0.2) is 4.39 Å². The normalized spacial score (nSPS) is 21.7. The molecule has 2 saturated heterocycles. The van der Waals surface area contributed by atoms with E-state index in [4.69, 9.17) is 11.6 Å². The molecule has 0 saturated carbocycles. The maximum atomic E-state index is 13.9. The molecule has 5 nitrogen and oxygen atoms in total. The average molecular weight is 382 g/mol. The molecule has 2 amide bonds. The van der Waals surface area contributed by atoms with Gasteiger partial charge in [0.05, 0.1) is 12.1 Å². The number of halogens is 2. The number of rotatable bonds is 3. The predicted molar refractivity (Wildman–Crippen MR) is 98.8 cm³/mol. The van der Waals surface area contributed by atoms with Gasteiger partial charge < -0.3 is 9.80 Å². The van der Waals surface area contributed by atoms with Crippen molar-refractivity contribution >= 4 is 23.4 Å². The second-order valence-electron chi connectivity index (χ2n) is 7.12. The van der Waals surface area contributed by atoms with E-state index in [2.05, 4.69) is 11.8 Å². The number of likely N-dealkylation sites (tertiary alicyclic amines) is 1. The van der Waals surface area contributed by atoms with Gasteiger partial charge in [0.25, 0.3) is 5.91 Å². The van der Waals surface area contributed by atoms with Crippen LogP contribution < -0.4 is 0 Å². The Morgan fingerprint density at radius 3 is 2.58 bits per heavy atom. The third-order valence-corrected chi connectivity index (χ3v) is 5.54. The summed E-state index contributed by atoms with van der Waals surface area (Å²) < 4.78 is 13.9. The van der Waals surface area contributed by atoms with E-state index in [1.165, 1.54) is 24.6 Å². The fourth-order valence-corrected chi connectivity index (χ4v) is 3.86. The molecule has 0 spiro atoms. The van der Waals surface area contributed by atoms with Crippen LogP contribution in [0.5, 0.6) is 0 Å². The van der Waals surface area contributed by atoms with Crippen molar-refractivity contribution in [1.29, 1.82) is 0 Å². The summed E-state index contributed by atoms with van der Waals surface area (Å²) in [6.45, 7) is 5.52. The zero-order chi connectivity index (χ0) is 18.7. The number of hydrogen-bond donors (Lipinski definition) is 0. The van der Waals surface area contributed by atoms with Crippen molar-refractivity contribution in [1.82, 2.24) is 14.7 Å². The molecule has 0 bridgehead atoms. The molecule has 26 heavy (non-hydrogen) atoms. The highest BCUT2D eigenvalue weighted by atomic mass is 35.5. The van der Waals surface area contributed by atoms with Crippen LogP contribution in [0.3, 0.4) is 0 Å². The molecule has 1 aromatic carbocycles. The summed E-state index contributed by atoms with van der Waals surface area (Å²) in [7, 11) is 0. The van der Waals surface area contributed by atoms with Gasteiger partial charge in [-0.15, -0.1) is 0 Å². The van der Waals surface area contributed by atoms with Gasteiger partial charge in [-0.1, -0.05) is 11.6 Å². The first-order chi connectivity index (χ1) is 12.5. The summed E-state index contributed by atoms with van der Waals surface area (Å²) in [5.41, 5.74) is 0.00386. The second kappa shape index (κ2) is 8.35. The Balaban J connectivity index is 1.53. The highest BCUT2D eigenvalue weighted by Gasteiger charge is 2.28. The van der Waals surface area contributed by atoms with E-state index in [1.807, 2.05) is 4.90 Å². The number of benzene rings is 1. The molecule has 2 heterocycles. The number of piperidine rings is 1. The minimum Gasteiger partial charge on any atom is -0.339 e. The smallest absolute Gasteiger partial charge is 0.256 e. The Labute approximate surface area is 158 Å². The Morgan fingerprint density at radius 1 is 1.15 bits per heavy atom. The number of carbonyl (C=O) groups excluding carboxylic acids is 2. The molecule has 1 atom stereocenters. The zero-order valence-electron chi connectivity index (χ0n) is 15.1. The van der Waals surface area contributed by atoms with Crippen LogP contribution in [-0.2, 0) is 4.79 Å². The van der Waals surface area contributed by atoms with Gasteiger partial charge in [-0.05, 0) is 44.4 Å². The van der Waals surface area contributed by atoms with Gasteiger partial charge in [-0.3, -0.25) is 14.5 Å². The lowest BCUT2D eigenvalue weighted by Crippen LogP contribution is -2.53. The van der Waals surface area contributed by atoms with Crippen LogP contribution in [0.1, 0.15) is 36.5 Å². The van der Waals surface area contributed by atoms with Crippen LogP contribution >= 0.6 is 11.6 Å². The average Bonchev–Trinajstić information content (AvgIpc) is 2.64. The molecule has 7 heteroatoms. The fourth-order valence-electron chi connectivity index (χ4n) is 3.69. The van der Waals surface area contributed by atoms with Crippen molar-refractivity contribution in [3.63, 3.8) is 0 Å². The molecule has 2 fully saturated rings. The lowest BCUT2D eigenvalue weighted by Gasteiger charge is -2.38. The maximum Gasteiger partial charge on any atom is 0.256 e. The Morgan fingerprint density at radius 2 is 1.88 bits per heavy atom. The van der Waals surface area contributed by atoms with Gasteiger partial charge in [-0.2, -0.15) is 0 Å². The largest absolute Gasteiger partial charge is 0.339 e. The number of carbonyl (C=O) groups is 2. The fraction of sp³-hybridized carbons (Fsp3) is 0.579. The quantitative estimate of drug-likeness (QED) is 0.808. The topological polar surface area (TPSA) is 43.9 Å². The lowest BCUT2D eigenvalue weighted by atomic mass is 10.0. The van der Waals surface area contributed by atoms with Gasteiger partial charge >= 0.3 is 0 Å². The Hall–Kier alpha value is -1.66. The van der Waals surface area contributed by atoms with E-state index in [0.29, 0.717) is 43.8 Å². The summed E-state index contributed by atoms with van der Waals surface area (Å²) in [5.74, 6) is -0.741. The van der Waals surface area contributed by atoms with Crippen LogP contribution in [0.25, 0.3) is 0 Å². The van der Waals surface area contributed by atoms with E-state index in [1.54, 1.807) is 4.90 Å². The second-order valence-corrected chi connectivity index (χ2v) is 7.56. The van der Waals surface area contributed by atoms with Gasteiger partial charge in [0, 0.05) is 43.8 Å². The lowest BCUT2D eigenvalue weighted by molar-refractivity contribution is -0.136. The van der Waals surface area contributed by atoms with Crippen LogP contribution in [0, 0.1) is 5.82 Å². The summed E-state index contributed by atoms with van der Waals surface area (Å²) in [6, 6.07) is 4.32. The number of amides is 2. The van der Waals surface area contributed by atoms with Crippen LogP contribution in [0.4, 0.5) is 4.39 Å². The molecule has 2 aliphatic heterocycles. The predicted octanol–water partition coefficient (Wildman–Crippen LogP) is 2.64. The maximum absolute atomic E-state index is 13.9. The minimum atomic E-state index is -0.559. The number of piperazine rings is 1. The molecule has 0 aromatic heterocycles. The van der Waals surface area contributed by atoms with Crippen molar-refractivity contribution < 1.29 is 14.0 Å². The first-order valence-corrected chi connectivity index (χ1v) is 9.59. The first-order valence-electron chi connectivity index (χ1n) is 9.22. The van der Waals surface area contributed by atoms with E-state index in [-0.39, 0.29) is 17.4 Å². The van der Waals surface area contributed by atoms with Crippen LogP contribution in [0.15, 0.2) is 18.2 Å². The number of hydrogen-bond acceptors (Lipinski definition) is 3. The van der Waals surface area contributed by atoms with E-state index in [0.717, 1.165) is 19.4 Å². The third kappa shape index (κ3) is 4.35. The molecule has 0 N–H and O–H groups in total. The number of nitrogens with zero attached hydrogens (tertiary/aromatic N) is 3. The molecular weight excluding hydrogens is 357 g/mol. The highest BCUT2D eigenvalue weighted by Crippen LogP contribution is 2.19. The standard InChI is InChI=1S/C19H25ClFN3O2/c1-14-4-2-3-7-24(14)18(25)13-22-8-10-23(11-9-22)19(26)16-12-15(20)5-6-17(16)21/h5-6,12,14H,2-4,7-11,13H2,1H3. The van der Waals surface area contributed by atoms with E-state index in [9.17, 15) is 14.0 Å². The van der Waals surface area contributed by atoms with Crippen molar-refractivity contribution in [2.75, 3.05) is 39.3 Å². The van der Waals surface area contributed by atoms with Crippen molar-refractivity contribution in [2.45, 2.75) is 32.2 Å². The molecule has 142 valence electrons. The van der Waals surface area contributed by atoms with Crippen molar-refractivity contribution in [2.24, 2.45) is 0 Å². The Bertz CT molecular complexity index is 677. The zero-order valence-corrected chi connectivity index (χ0v) is 15.8. The summed E-state index contributed by atoms with van der Waals surface area (Å²) in [4.78, 5) is 30.7. The van der Waals surface area contributed by atoms with Crippen molar-refractivity contribution in [3.8, 4) is 0 Å². The highest BCUT2D eigenvalue weighted by molar-refractivity contribution is 6.31. The SMILES string of the molecule is CC1CCCCN1C(=O)CN1CCN(C(=O)c2cc(Cl)ccc2F)CC1. The summed E-state index contributed by atoms with van der Waals surface area (Å²) in [6.07, 6.45) is 3.33. The summed E-state index contributed by atoms with van der Waals surface area (Å²) in [5, 5.41) is 0.342. The molecular formula is C19H25ClFN3O2. The molecule has 0 aliphatic carbocycles. The third-order valence-electron chi connectivity index (χ3n) is 5.30. The first kappa shape index (κ1) is 19.1. The van der Waals surface area contributed by atoms with E-state index >= 15 is 0 Å².